The molecule has 2 aromatic rings. The number of likely N-dealkylation sites (tertiary alicyclic amines) is 1. The van der Waals surface area contributed by atoms with E-state index in [2.05, 4.69) is 19.0 Å². The predicted molar refractivity (Wildman–Crippen MR) is 106 cm³/mol. The predicted octanol–water partition coefficient (Wildman–Crippen LogP) is 3.90. The number of rotatable bonds is 5. The van der Waals surface area contributed by atoms with Crippen LogP contribution in [0.25, 0.3) is 11.4 Å². The van der Waals surface area contributed by atoms with E-state index in [-0.39, 0.29) is 23.2 Å². The van der Waals surface area contributed by atoms with E-state index in [0.717, 1.165) is 51.0 Å². The van der Waals surface area contributed by atoms with Crippen molar-refractivity contribution in [2.75, 3.05) is 26.3 Å². The van der Waals surface area contributed by atoms with Gasteiger partial charge in [-0.3, -0.25) is 4.79 Å². The Balaban J connectivity index is 1.62. The molecule has 150 valence electrons. The zero-order valence-corrected chi connectivity index (χ0v) is 16.8. The number of carbonyl (C=O) groups is 1. The van der Waals surface area contributed by atoms with Gasteiger partial charge in [0.2, 0.25) is 17.6 Å². The van der Waals surface area contributed by atoms with Gasteiger partial charge in [-0.25, -0.2) is 0 Å². The molecule has 2 aliphatic rings. The Labute approximate surface area is 166 Å². The highest BCUT2D eigenvalue weighted by Gasteiger charge is 2.52. The first-order valence-electron chi connectivity index (χ1n) is 10.4. The maximum atomic E-state index is 13.1. The molecule has 0 bridgehead atoms. The Hall–Kier alpha value is -2.21. The molecular formula is C22H29N3O3. The van der Waals surface area contributed by atoms with Gasteiger partial charge in [-0.2, -0.15) is 4.98 Å². The van der Waals surface area contributed by atoms with Gasteiger partial charge in [0.25, 0.3) is 0 Å². The minimum absolute atomic E-state index is 0.0273. The lowest BCUT2D eigenvalue weighted by Crippen LogP contribution is -2.38. The maximum Gasteiger partial charge on any atom is 0.232 e. The monoisotopic (exact) mass is 383 g/mol. The van der Waals surface area contributed by atoms with Crippen LogP contribution in [-0.2, 0) is 9.53 Å². The van der Waals surface area contributed by atoms with Crippen molar-refractivity contribution in [3.63, 3.8) is 0 Å². The van der Waals surface area contributed by atoms with E-state index in [9.17, 15) is 4.79 Å². The maximum absolute atomic E-state index is 13.1. The zero-order valence-electron chi connectivity index (χ0n) is 16.8. The Morgan fingerprint density at radius 1 is 1.21 bits per heavy atom. The van der Waals surface area contributed by atoms with E-state index in [4.69, 9.17) is 14.2 Å². The van der Waals surface area contributed by atoms with E-state index in [1.165, 1.54) is 0 Å². The number of ether oxygens (including phenoxy) is 1. The molecule has 2 fully saturated rings. The van der Waals surface area contributed by atoms with Gasteiger partial charge >= 0.3 is 0 Å². The number of carbonyl (C=O) groups excluding carboxylic acids is 1. The van der Waals surface area contributed by atoms with Gasteiger partial charge < -0.3 is 14.2 Å². The number of hydrogen-bond acceptors (Lipinski definition) is 5. The largest absolute Gasteiger partial charge is 0.381 e. The Kier molecular flexibility index (Phi) is 5.49. The van der Waals surface area contributed by atoms with Gasteiger partial charge in [0.15, 0.2) is 0 Å². The van der Waals surface area contributed by atoms with E-state index < -0.39 is 0 Å². The molecule has 0 aliphatic carbocycles. The molecule has 28 heavy (non-hydrogen) atoms. The lowest BCUT2D eigenvalue weighted by Gasteiger charge is -2.36. The van der Waals surface area contributed by atoms with Crippen molar-refractivity contribution in [2.24, 2.45) is 11.3 Å². The molecule has 0 saturated carbocycles. The molecule has 2 aliphatic heterocycles. The minimum Gasteiger partial charge on any atom is -0.381 e. The summed E-state index contributed by atoms with van der Waals surface area (Å²) in [4.78, 5) is 19.8. The van der Waals surface area contributed by atoms with Crippen LogP contribution in [0.4, 0.5) is 0 Å². The normalized spacial score (nSPS) is 21.5. The third-order valence-electron chi connectivity index (χ3n) is 6.55. The number of hydrogen-bond donors (Lipinski definition) is 0. The summed E-state index contributed by atoms with van der Waals surface area (Å²) in [6.45, 7) is 7.06. The topological polar surface area (TPSA) is 68.5 Å². The third kappa shape index (κ3) is 3.46. The summed E-state index contributed by atoms with van der Waals surface area (Å²) in [6.07, 6.45) is 3.61. The van der Waals surface area contributed by atoms with Crippen molar-refractivity contribution in [3.05, 3.63) is 36.2 Å². The fourth-order valence-corrected chi connectivity index (χ4v) is 4.74. The average molecular weight is 383 g/mol. The average Bonchev–Trinajstić information content (AvgIpc) is 3.35. The van der Waals surface area contributed by atoms with Crippen molar-refractivity contribution in [1.82, 2.24) is 15.0 Å². The van der Waals surface area contributed by atoms with Crippen LogP contribution < -0.4 is 0 Å². The van der Waals surface area contributed by atoms with Crippen LogP contribution >= 0.6 is 0 Å². The SMILES string of the molecule is CCC(CC)C(=O)N1C[C@H](c2nc(-c3ccccc3)no2)C2(CCOCC2)C1. The summed E-state index contributed by atoms with van der Waals surface area (Å²) in [5.74, 6) is 1.70. The van der Waals surface area contributed by atoms with Crippen LogP contribution in [0.1, 0.15) is 51.3 Å². The standard InChI is InChI=1S/C22H29N3O3/c1-3-16(4-2)21(26)25-14-18(22(15-25)10-12-27-13-11-22)20-23-19(24-28-20)17-8-6-5-7-9-17/h5-9,16,18H,3-4,10-15H2,1-2H3/t18-/m1/s1. The highest BCUT2D eigenvalue weighted by molar-refractivity contribution is 5.79. The minimum atomic E-state index is -0.0273. The van der Waals surface area contributed by atoms with Gasteiger partial charge in [-0.05, 0) is 25.7 Å². The fraction of sp³-hybridized carbons (Fsp3) is 0.591. The molecule has 1 aromatic heterocycles. The number of benzene rings is 1. The molecule has 0 N–H and O–H groups in total. The Bertz CT molecular complexity index is 794. The summed E-state index contributed by atoms with van der Waals surface area (Å²) in [6, 6.07) is 9.88. The smallest absolute Gasteiger partial charge is 0.232 e. The summed E-state index contributed by atoms with van der Waals surface area (Å²) in [7, 11) is 0. The first kappa shape index (κ1) is 19.1. The van der Waals surface area contributed by atoms with Crippen molar-refractivity contribution < 1.29 is 14.1 Å². The van der Waals surface area contributed by atoms with Crippen LogP contribution in [-0.4, -0.2) is 47.3 Å². The van der Waals surface area contributed by atoms with E-state index in [0.29, 0.717) is 18.3 Å². The van der Waals surface area contributed by atoms with Gasteiger partial charge in [0.1, 0.15) is 0 Å². The summed E-state index contributed by atoms with van der Waals surface area (Å²) >= 11 is 0. The van der Waals surface area contributed by atoms with E-state index >= 15 is 0 Å². The van der Waals surface area contributed by atoms with Crippen LogP contribution in [0.2, 0.25) is 0 Å². The second kappa shape index (κ2) is 8.03. The second-order valence-electron chi connectivity index (χ2n) is 8.08. The Morgan fingerprint density at radius 3 is 2.61 bits per heavy atom. The molecule has 2 saturated heterocycles. The molecule has 4 rings (SSSR count). The van der Waals surface area contributed by atoms with Crippen molar-refractivity contribution in [1.29, 1.82) is 0 Å². The van der Waals surface area contributed by atoms with E-state index in [1.807, 2.05) is 35.2 Å². The highest BCUT2D eigenvalue weighted by atomic mass is 16.5. The second-order valence-corrected chi connectivity index (χ2v) is 8.08. The van der Waals surface area contributed by atoms with Crippen LogP contribution in [0.15, 0.2) is 34.9 Å². The molecular weight excluding hydrogens is 354 g/mol. The zero-order chi connectivity index (χ0) is 19.6. The first-order valence-corrected chi connectivity index (χ1v) is 10.4. The summed E-state index contributed by atoms with van der Waals surface area (Å²) < 4.78 is 11.4. The number of amides is 1. The van der Waals surface area contributed by atoms with Crippen LogP contribution in [0.5, 0.6) is 0 Å². The highest BCUT2D eigenvalue weighted by Crippen LogP contribution is 2.49. The lowest BCUT2D eigenvalue weighted by atomic mass is 9.72. The van der Waals surface area contributed by atoms with Crippen molar-refractivity contribution >= 4 is 5.91 Å². The summed E-state index contributed by atoms with van der Waals surface area (Å²) in [5, 5.41) is 4.23. The number of aromatic nitrogens is 2. The molecule has 6 nitrogen and oxygen atoms in total. The van der Waals surface area contributed by atoms with Gasteiger partial charge in [-0.1, -0.05) is 49.3 Å². The van der Waals surface area contributed by atoms with E-state index in [1.54, 1.807) is 0 Å². The summed E-state index contributed by atoms with van der Waals surface area (Å²) in [5.41, 5.74) is 0.918. The molecule has 6 heteroatoms. The molecule has 1 atom stereocenters. The first-order chi connectivity index (χ1) is 13.7. The fourth-order valence-electron chi connectivity index (χ4n) is 4.74. The molecule has 0 unspecified atom stereocenters. The Morgan fingerprint density at radius 2 is 1.93 bits per heavy atom. The molecule has 1 spiro atoms. The molecule has 1 aromatic carbocycles. The van der Waals surface area contributed by atoms with Gasteiger partial charge in [0, 0.05) is 43.2 Å². The van der Waals surface area contributed by atoms with Gasteiger partial charge in [-0.15, -0.1) is 0 Å². The quantitative estimate of drug-likeness (QED) is 0.783. The van der Waals surface area contributed by atoms with Crippen molar-refractivity contribution in [2.45, 2.75) is 45.4 Å². The lowest BCUT2D eigenvalue weighted by molar-refractivity contribution is -0.135. The van der Waals surface area contributed by atoms with Crippen molar-refractivity contribution in [3.8, 4) is 11.4 Å². The third-order valence-corrected chi connectivity index (χ3v) is 6.55. The van der Waals surface area contributed by atoms with Crippen LogP contribution in [0, 0.1) is 11.3 Å². The molecule has 1 amide bonds. The molecule has 0 radical (unpaired) electrons. The molecule has 3 heterocycles. The number of nitrogens with zero attached hydrogens (tertiary/aromatic N) is 3. The van der Waals surface area contributed by atoms with Crippen LogP contribution in [0.3, 0.4) is 0 Å². The van der Waals surface area contributed by atoms with Gasteiger partial charge in [0.05, 0.1) is 5.92 Å².